The molecule has 0 atom stereocenters. The zero-order valence-electron chi connectivity index (χ0n) is 9.51. The molecule has 0 amide bonds. The van der Waals surface area contributed by atoms with E-state index >= 15 is 0 Å². The van der Waals surface area contributed by atoms with Crippen molar-refractivity contribution in [2.45, 2.75) is 33.6 Å². The van der Waals surface area contributed by atoms with Crippen LogP contribution in [0.15, 0.2) is 18.2 Å². The lowest BCUT2D eigenvalue weighted by Crippen LogP contribution is -2.13. The van der Waals surface area contributed by atoms with Gasteiger partial charge in [-0.2, -0.15) is 0 Å². The summed E-state index contributed by atoms with van der Waals surface area (Å²) >= 11 is 5.93. The normalized spacial score (nSPS) is 10.7. The van der Waals surface area contributed by atoms with Crippen LogP contribution in [0, 0.1) is 12.8 Å². The molecule has 82 valence electrons. The van der Waals surface area contributed by atoms with Crippen molar-refractivity contribution in [3.05, 3.63) is 34.3 Å². The van der Waals surface area contributed by atoms with Gasteiger partial charge in [0.1, 0.15) is 0 Å². The number of carbonyl (C=O) groups is 1. The van der Waals surface area contributed by atoms with Crippen LogP contribution in [0.5, 0.6) is 0 Å². The highest BCUT2D eigenvalue weighted by Gasteiger charge is 2.16. The summed E-state index contributed by atoms with van der Waals surface area (Å²) in [6, 6.07) is 5.53. The number of Topliss-reactive ketones (excluding diaryl/α,β-unsaturated/α-hetero) is 1. The Balaban J connectivity index is 3.00. The van der Waals surface area contributed by atoms with E-state index in [1.165, 1.54) is 0 Å². The summed E-state index contributed by atoms with van der Waals surface area (Å²) in [7, 11) is 0. The summed E-state index contributed by atoms with van der Waals surface area (Å²) in [5.74, 6) is 0.341. The Labute approximate surface area is 96.5 Å². The predicted octanol–water partition coefficient (Wildman–Crippen LogP) is 4.27. The summed E-state index contributed by atoms with van der Waals surface area (Å²) in [6.07, 6.45) is 1.78. The van der Waals surface area contributed by atoms with Crippen LogP contribution in [-0.4, -0.2) is 5.78 Å². The van der Waals surface area contributed by atoms with E-state index in [0.717, 1.165) is 24.0 Å². The number of halogens is 1. The van der Waals surface area contributed by atoms with Crippen molar-refractivity contribution in [3.8, 4) is 0 Å². The summed E-state index contributed by atoms with van der Waals surface area (Å²) < 4.78 is 0. The quantitative estimate of drug-likeness (QED) is 0.699. The predicted molar refractivity (Wildman–Crippen MR) is 64.6 cm³/mol. The molecular formula is C13H17ClO. The number of carbonyl (C=O) groups excluding carboxylic acids is 1. The number of aryl methyl sites for hydroxylation is 1. The van der Waals surface area contributed by atoms with E-state index in [-0.39, 0.29) is 11.7 Å². The maximum Gasteiger partial charge on any atom is 0.165 e. The fourth-order valence-electron chi connectivity index (χ4n) is 1.77. The zero-order chi connectivity index (χ0) is 11.4. The van der Waals surface area contributed by atoms with Crippen molar-refractivity contribution < 1.29 is 4.79 Å². The first-order chi connectivity index (χ1) is 7.08. The minimum absolute atomic E-state index is 0.128. The van der Waals surface area contributed by atoms with E-state index < -0.39 is 0 Å². The Morgan fingerprint density at radius 1 is 1.27 bits per heavy atom. The van der Waals surface area contributed by atoms with Crippen LogP contribution in [0.1, 0.15) is 42.6 Å². The van der Waals surface area contributed by atoms with Gasteiger partial charge in [-0.25, -0.2) is 0 Å². The first-order valence-corrected chi connectivity index (χ1v) is 5.77. The molecule has 1 aromatic rings. The second kappa shape index (κ2) is 5.32. The number of hydrogen-bond donors (Lipinski definition) is 0. The van der Waals surface area contributed by atoms with E-state index in [0.29, 0.717) is 5.02 Å². The molecule has 0 fully saturated rings. The highest BCUT2D eigenvalue weighted by Crippen LogP contribution is 2.20. The third-order valence-corrected chi connectivity index (χ3v) is 2.90. The van der Waals surface area contributed by atoms with Gasteiger partial charge in [0.15, 0.2) is 5.78 Å². The summed E-state index contributed by atoms with van der Waals surface area (Å²) in [5.41, 5.74) is 1.78. The lowest BCUT2D eigenvalue weighted by atomic mass is 9.92. The average molecular weight is 225 g/mol. The van der Waals surface area contributed by atoms with Crippen molar-refractivity contribution in [1.82, 2.24) is 0 Å². The molecule has 0 bridgehead atoms. The molecular weight excluding hydrogens is 208 g/mol. The second-order valence-corrected chi connectivity index (χ2v) is 4.33. The van der Waals surface area contributed by atoms with Crippen LogP contribution >= 0.6 is 11.6 Å². The highest BCUT2D eigenvalue weighted by molar-refractivity contribution is 6.31. The molecule has 0 spiro atoms. The Morgan fingerprint density at radius 2 is 1.87 bits per heavy atom. The van der Waals surface area contributed by atoms with Crippen LogP contribution < -0.4 is 0 Å². The summed E-state index contributed by atoms with van der Waals surface area (Å²) in [4.78, 5) is 12.1. The average Bonchev–Trinajstić information content (AvgIpc) is 2.18. The van der Waals surface area contributed by atoms with Crippen molar-refractivity contribution in [2.75, 3.05) is 0 Å². The molecule has 0 aliphatic rings. The van der Waals surface area contributed by atoms with Gasteiger partial charge in [0, 0.05) is 16.5 Å². The maximum absolute atomic E-state index is 12.1. The SMILES string of the molecule is CCC(CC)C(=O)c1cc(C)cc(Cl)c1. The van der Waals surface area contributed by atoms with Gasteiger partial charge in [-0.05, 0) is 43.5 Å². The molecule has 0 radical (unpaired) electrons. The maximum atomic E-state index is 12.1. The van der Waals surface area contributed by atoms with E-state index in [4.69, 9.17) is 11.6 Å². The minimum atomic E-state index is 0.128. The van der Waals surface area contributed by atoms with E-state index in [2.05, 4.69) is 0 Å². The lowest BCUT2D eigenvalue weighted by Gasteiger charge is -2.11. The molecule has 1 aromatic carbocycles. The van der Waals surface area contributed by atoms with Crippen LogP contribution in [0.3, 0.4) is 0 Å². The molecule has 0 saturated carbocycles. The van der Waals surface area contributed by atoms with Crippen LogP contribution in [0.2, 0.25) is 5.02 Å². The molecule has 1 rings (SSSR count). The van der Waals surface area contributed by atoms with Gasteiger partial charge < -0.3 is 0 Å². The topological polar surface area (TPSA) is 17.1 Å². The van der Waals surface area contributed by atoms with Crippen LogP contribution in [0.4, 0.5) is 0 Å². The van der Waals surface area contributed by atoms with E-state index in [1.807, 2.05) is 32.9 Å². The minimum Gasteiger partial charge on any atom is -0.294 e. The van der Waals surface area contributed by atoms with Gasteiger partial charge in [-0.3, -0.25) is 4.79 Å². The van der Waals surface area contributed by atoms with Gasteiger partial charge in [-0.15, -0.1) is 0 Å². The summed E-state index contributed by atoms with van der Waals surface area (Å²) in [6.45, 7) is 6.04. The van der Waals surface area contributed by atoms with Gasteiger partial charge in [0.2, 0.25) is 0 Å². The first-order valence-electron chi connectivity index (χ1n) is 5.39. The Morgan fingerprint density at radius 3 is 2.33 bits per heavy atom. The van der Waals surface area contributed by atoms with E-state index in [9.17, 15) is 4.79 Å². The van der Waals surface area contributed by atoms with Crippen LogP contribution in [0.25, 0.3) is 0 Å². The van der Waals surface area contributed by atoms with Crippen LogP contribution in [-0.2, 0) is 0 Å². The molecule has 1 nitrogen and oxygen atoms in total. The van der Waals surface area contributed by atoms with E-state index in [1.54, 1.807) is 6.07 Å². The van der Waals surface area contributed by atoms with Crippen molar-refractivity contribution >= 4 is 17.4 Å². The van der Waals surface area contributed by atoms with Gasteiger partial charge in [0.25, 0.3) is 0 Å². The molecule has 0 aliphatic heterocycles. The Bertz CT molecular complexity index is 333. The fraction of sp³-hybridized carbons (Fsp3) is 0.462. The van der Waals surface area contributed by atoms with Gasteiger partial charge >= 0.3 is 0 Å². The molecule has 0 unspecified atom stereocenters. The molecule has 2 heteroatoms. The number of benzene rings is 1. The van der Waals surface area contributed by atoms with Crippen molar-refractivity contribution in [3.63, 3.8) is 0 Å². The second-order valence-electron chi connectivity index (χ2n) is 3.89. The molecule has 0 heterocycles. The third kappa shape index (κ3) is 3.07. The molecule has 0 aromatic heterocycles. The number of ketones is 1. The van der Waals surface area contributed by atoms with Gasteiger partial charge in [0.05, 0.1) is 0 Å². The van der Waals surface area contributed by atoms with Crippen molar-refractivity contribution in [1.29, 1.82) is 0 Å². The molecule has 0 saturated heterocycles. The molecule has 0 N–H and O–H groups in total. The lowest BCUT2D eigenvalue weighted by molar-refractivity contribution is 0.0913. The highest BCUT2D eigenvalue weighted by atomic mass is 35.5. The van der Waals surface area contributed by atoms with Gasteiger partial charge in [-0.1, -0.05) is 25.4 Å². The monoisotopic (exact) mass is 224 g/mol. The standard InChI is InChI=1S/C13H17ClO/c1-4-10(5-2)13(15)11-6-9(3)7-12(14)8-11/h6-8,10H,4-5H2,1-3H3. The third-order valence-electron chi connectivity index (χ3n) is 2.68. The smallest absolute Gasteiger partial charge is 0.165 e. The molecule has 0 aliphatic carbocycles. The Kier molecular flexibility index (Phi) is 4.34. The fourth-order valence-corrected chi connectivity index (χ4v) is 2.06. The first kappa shape index (κ1) is 12.3. The largest absolute Gasteiger partial charge is 0.294 e. The Hall–Kier alpha value is -0.820. The number of hydrogen-bond acceptors (Lipinski definition) is 1. The molecule has 15 heavy (non-hydrogen) atoms. The van der Waals surface area contributed by atoms with Crippen molar-refractivity contribution in [2.24, 2.45) is 5.92 Å². The zero-order valence-corrected chi connectivity index (χ0v) is 10.3. The summed E-state index contributed by atoms with van der Waals surface area (Å²) in [5, 5.41) is 0.643. The number of rotatable bonds is 4.